The van der Waals surface area contributed by atoms with E-state index in [2.05, 4.69) is 5.32 Å². The van der Waals surface area contributed by atoms with Gasteiger partial charge in [0.25, 0.3) is 0 Å². The molecule has 0 aliphatic heterocycles. The zero-order valence-corrected chi connectivity index (χ0v) is 11.0. The molecule has 0 radical (unpaired) electrons. The molecule has 98 valence electrons. The van der Waals surface area contributed by atoms with Crippen LogP contribution in [0.2, 0.25) is 0 Å². The third-order valence-electron chi connectivity index (χ3n) is 2.73. The number of carbonyl (C=O) groups is 2. The molecule has 0 aliphatic rings. The number of rotatable bonds is 6. The molecule has 1 rings (SSSR count). The van der Waals surface area contributed by atoms with Crippen LogP contribution in [-0.4, -0.2) is 11.8 Å². The summed E-state index contributed by atoms with van der Waals surface area (Å²) in [5.74, 6) is -0.337. The fourth-order valence-electron chi connectivity index (χ4n) is 1.75. The molecule has 1 aromatic rings. The minimum atomic E-state index is -0.315. The van der Waals surface area contributed by atoms with Crippen LogP contribution in [0.5, 0.6) is 0 Å². The van der Waals surface area contributed by atoms with Crippen LogP contribution in [0.25, 0.3) is 0 Å². The van der Waals surface area contributed by atoms with Crippen molar-refractivity contribution in [1.82, 2.24) is 0 Å². The van der Waals surface area contributed by atoms with Crippen LogP contribution in [0.3, 0.4) is 0 Å². The molecule has 0 spiro atoms. The molecule has 0 atom stereocenters. The van der Waals surface area contributed by atoms with Crippen LogP contribution < -0.4 is 11.1 Å². The maximum absolute atomic E-state index is 11.7. The number of nitrogens with one attached hydrogen (secondary N) is 1. The minimum Gasteiger partial charge on any atom is -0.370 e. The Labute approximate surface area is 108 Å². The first kappa shape index (κ1) is 14.2. The van der Waals surface area contributed by atoms with Crippen LogP contribution in [-0.2, 0) is 9.59 Å². The smallest absolute Gasteiger partial charge is 0.224 e. The van der Waals surface area contributed by atoms with Gasteiger partial charge in [-0.3, -0.25) is 9.59 Å². The summed E-state index contributed by atoms with van der Waals surface area (Å²) in [5, 5.41) is 2.87. The summed E-state index contributed by atoms with van der Waals surface area (Å²) in [7, 11) is 0. The summed E-state index contributed by atoms with van der Waals surface area (Å²) >= 11 is 0. The summed E-state index contributed by atoms with van der Waals surface area (Å²) in [6, 6.07) is 5.91. The molecule has 0 aromatic heterocycles. The number of aryl methyl sites for hydroxylation is 2. The molecular weight excluding hydrogens is 228 g/mol. The standard InChI is InChI=1S/C14H20N2O2/c1-10-7-8-12(11(2)9-10)16-14(18)6-4-3-5-13(15)17/h7-9H,3-6H2,1-2H3,(H2,15,17)(H,16,18). The lowest BCUT2D eigenvalue weighted by atomic mass is 10.1. The normalized spacial score (nSPS) is 10.1. The number of carbonyl (C=O) groups excluding carboxylic acids is 2. The van der Waals surface area contributed by atoms with Gasteiger partial charge in [0.2, 0.25) is 11.8 Å². The number of amides is 2. The van der Waals surface area contributed by atoms with Crippen LogP contribution in [0, 0.1) is 13.8 Å². The van der Waals surface area contributed by atoms with Crippen molar-refractivity contribution in [2.45, 2.75) is 39.5 Å². The van der Waals surface area contributed by atoms with Gasteiger partial charge in [-0.15, -0.1) is 0 Å². The number of nitrogens with two attached hydrogens (primary N) is 1. The molecule has 1 aromatic carbocycles. The highest BCUT2D eigenvalue weighted by Crippen LogP contribution is 2.16. The average molecular weight is 248 g/mol. The van der Waals surface area contributed by atoms with Gasteiger partial charge in [0, 0.05) is 18.5 Å². The Kier molecular flexibility index (Phi) is 5.36. The minimum absolute atomic E-state index is 0.0218. The first-order valence-electron chi connectivity index (χ1n) is 6.14. The zero-order chi connectivity index (χ0) is 13.5. The van der Waals surface area contributed by atoms with E-state index in [9.17, 15) is 9.59 Å². The number of primary amides is 1. The highest BCUT2D eigenvalue weighted by atomic mass is 16.1. The molecule has 4 nitrogen and oxygen atoms in total. The van der Waals surface area contributed by atoms with E-state index in [1.807, 2.05) is 32.0 Å². The van der Waals surface area contributed by atoms with Gasteiger partial charge in [-0.25, -0.2) is 0 Å². The third kappa shape index (κ3) is 4.99. The van der Waals surface area contributed by atoms with Gasteiger partial charge in [-0.1, -0.05) is 17.7 Å². The Hall–Kier alpha value is -1.84. The van der Waals surface area contributed by atoms with E-state index in [4.69, 9.17) is 5.73 Å². The van der Waals surface area contributed by atoms with Crippen LogP contribution >= 0.6 is 0 Å². The second-order valence-corrected chi connectivity index (χ2v) is 4.54. The van der Waals surface area contributed by atoms with Gasteiger partial charge in [-0.05, 0) is 38.3 Å². The largest absolute Gasteiger partial charge is 0.370 e. The summed E-state index contributed by atoms with van der Waals surface area (Å²) in [5.41, 5.74) is 8.10. The molecule has 0 saturated carbocycles. The number of hydrogen-bond acceptors (Lipinski definition) is 2. The first-order valence-corrected chi connectivity index (χ1v) is 6.14. The van der Waals surface area contributed by atoms with E-state index in [1.165, 1.54) is 5.56 Å². The predicted molar refractivity (Wildman–Crippen MR) is 72.2 cm³/mol. The zero-order valence-electron chi connectivity index (χ0n) is 11.0. The molecule has 0 bridgehead atoms. The van der Waals surface area contributed by atoms with E-state index in [0.717, 1.165) is 11.3 Å². The number of benzene rings is 1. The van der Waals surface area contributed by atoms with Crippen molar-refractivity contribution >= 4 is 17.5 Å². The maximum atomic E-state index is 11.7. The summed E-state index contributed by atoms with van der Waals surface area (Å²) in [6.07, 6.45) is 2.10. The van der Waals surface area contributed by atoms with Gasteiger partial charge in [-0.2, -0.15) is 0 Å². The number of anilines is 1. The highest BCUT2D eigenvalue weighted by molar-refractivity contribution is 5.91. The van der Waals surface area contributed by atoms with E-state index >= 15 is 0 Å². The van der Waals surface area contributed by atoms with Crippen molar-refractivity contribution in [1.29, 1.82) is 0 Å². The second kappa shape index (κ2) is 6.79. The fourth-order valence-corrected chi connectivity index (χ4v) is 1.75. The second-order valence-electron chi connectivity index (χ2n) is 4.54. The molecule has 0 saturated heterocycles. The van der Waals surface area contributed by atoms with E-state index in [-0.39, 0.29) is 11.8 Å². The Morgan fingerprint density at radius 3 is 2.44 bits per heavy atom. The molecule has 0 heterocycles. The Morgan fingerprint density at radius 2 is 1.83 bits per heavy atom. The molecule has 4 heteroatoms. The van der Waals surface area contributed by atoms with E-state index < -0.39 is 0 Å². The lowest BCUT2D eigenvalue weighted by Gasteiger charge is -2.08. The monoisotopic (exact) mass is 248 g/mol. The topological polar surface area (TPSA) is 72.2 Å². The lowest BCUT2D eigenvalue weighted by Crippen LogP contribution is -2.13. The van der Waals surface area contributed by atoms with Crippen molar-refractivity contribution in [3.05, 3.63) is 29.3 Å². The average Bonchev–Trinajstić information content (AvgIpc) is 2.28. The van der Waals surface area contributed by atoms with Crippen LogP contribution in [0.15, 0.2) is 18.2 Å². The molecule has 18 heavy (non-hydrogen) atoms. The molecule has 3 N–H and O–H groups in total. The van der Waals surface area contributed by atoms with Crippen molar-refractivity contribution < 1.29 is 9.59 Å². The lowest BCUT2D eigenvalue weighted by molar-refractivity contribution is -0.119. The maximum Gasteiger partial charge on any atom is 0.224 e. The molecule has 0 fully saturated rings. The van der Waals surface area contributed by atoms with Crippen molar-refractivity contribution in [3.63, 3.8) is 0 Å². The molecular formula is C14H20N2O2. The van der Waals surface area contributed by atoms with Gasteiger partial charge >= 0.3 is 0 Å². The van der Waals surface area contributed by atoms with E-state index in [0.29, 0.717) is 25.7 Å². The highest BCUT2D eigenvalue weighted by Gasteiger charge is 2.05. The molecule has 0 unspecified atom stereocenters. The molecule has 2 amide bonds. The van der Waals surface area contributed by atoms with Gasteiger partial charge in [0.05, 0.1) is 0 Å². The van der Waals surface area contributed by atoms with Crippen LogP contribution in [0.4, 0.5) is 5.69 Å². The quantitative estimate of drug-likeness (QED) is 0.758. The van der Waals surface area contributed by atoms with Crippen molar-refractivity contribution in [2.75, 3.05) is 5.32 Å². The van der Waals surface area contributed by atoms with Crippen molar-refractivity contribution in [2.24, 2.45) is 5.73 Å². The predicted octanol–water partition coefficient (Wildman–Crippen LogP) is 2.29. The van der Waals surface area contributed by atoms with Gasteiger partial charge in [0.1, 0.15) is 0 Å². The Bertz CT molecular complexity index is 441. The SMILES string of the molecule is Cc1ccc(NC(=O)CCCCC(N)=O)c(C)c1. The Morgan fingerprint density at radius 1 is 1.17 bits per heavy atom. The van der Waals surface area contributed by atoms with Gasteiger partial charge < -0.3 is 11.1 Å². The van der Waals surface area contributed by atoms with Gasteiger partial charge in [0.15, 0.2) is 0 Å². The fraction of sp³-hybridized carbons (Fsp3) is 0.429. The van der Waals surface area contributed by atoms with E-state index in [1.54, 1.807) is 0 Å². The summed E-state index contributed by atoms with van der Waals surface area (Å²) in [6.45, 7) is 3.98. The summed E-state index contributed by atoms with van der Waals surface area (Å²) in [4.78, 5) is 22.2. The van der Waals surface area contributed by atoms with Crippen molar-refractivity contribution in [3.8, 4) is 0 Å². The Balaban J connectivity index is 2.38. The molecule has 0 aliphatic carbocycles. The van der Waals surface area contributed by atoms with Crippen LogP contribution in [0.1, 0.15) is 36.8 Å². The first-order chi connectivity index (χ1) is 8.49. The number of hydrogen-bond donors (Lipinski definition) is 2. The number of unbranched alkanes of at least 4 members (excludes halogenated alkanes) is 1. The third-order valence-corrected chi connectivity index (χ3v) is 2.73. The summed E-state index contributed by atoms with van der Waals surface area (Å²) < 4.78 is 0.